The SMILES string of the molecule is CCN1c2ncc(CCOc3cccc4c3CNC(=O)C4)cc2C(=O)N(C)c2cccnc21.COC(=O)Cc1cccc(OC)c1CN=[N+]=[N-].COC(=O)c1cccc(OC)c1CBr.COC(=O)c1cccc(OC)c1CN=[N+]=[N-].COc1cccc2c1CNC(=O)C2.O=C1Cc2cccc(O)c2CN1. The Morgan fingerprint density at radius 2 is 1.07 bits per heavy atom. The lowest BCUT2D eigenvalue weighted by atomic mass is 10.00. The van der Waals surface area contributed by atoms with Crippen molar-refractivity contribution in [3.63, 3.8) is 0 Å². The number of azide groups is 2. The molecule has 29 nitrogen and oxygen atoms in total. The fourth-order valence-corrected chi connectivity index (χ4v) is 12.0. The first-order valence-electron chi connectivity index (χ1n) is 32.6. The molecule has 0 saturated heterocycles. The van der Waals surface area contributed by atoms with Crippen molar-refractivity contribution in [1.82, 2.24) is 25.9 Å². The minimum absolute atomic E-state index is 0.0214. The number of hydrogen-bond acceptors (Lipinski definition) is 21. The van der Waals surface area contributed by atoms with E-state index >= 15 is 0 Å². The quantitative estimate of drug-likeness (QED) is 0.0155. The number of aromatic hydroxyl groups is 1. The molecule has 4 amide bonds. The van der Waals surface area contributed by atoms with Crippen molar-refractivity contribution >= 4 is 74.8 Å². The van der Waals surface area contributed by atoms with Gasteiger partial charge in [-0.1, -0.05) is 86.8 Å². The van der Waals surface area contributed by atoms with E-state index < -0.39 is 5.97 Å². The van der Waals surface area contributed by atoms with E-state index in [4.69, 9.17) is 34.7 Å². The van der Waals surface area contributed by atoms with Crippen molar-refractivity contribution in [2.24, 2.45) is 10.2 Å². The molecule has 8 aromatic rings. The zero-order valence-corrected chi connectivity index (χ0v) is 61.0. The highest BCUT2D eigenvalue weighted by Gasteiger charge is 2.31. The largest absolute Gasteiger partial charge is 0.508 e. The van der Waals surface area contributed by atoms with Crippen LogP contribution in [0.3, 0.4) is 0 Å². The number of ether oxygens (including phenoxy) is 8. The molecule has 6 aromatic carbocycles. The van der Waals surface area contributed by atoms with Gasteiger partial charge in [-0.15, -0.1) is 0 Å². The van der Waals surface area contributed by atoms with E-state index in [1.807, 2.05) is 78.6 Å². The maximum absolute atomic E-state index is 13.3. The van der Waals surface area contributed by atoms with Gasteiger partial charge in [0.2, 0.25) is 17.7 Å². The maximum Gasteiger partial charge on any atom is 0.338 e. The number of halogens is 1. The number of hydrogen-bond donors (Lipinski definition) is 4. The molecule has 2 aromatic heterocycles. The second-order valence-corrected chi connectivity index (χ2v) is 23.3. The number of carbonyl (C=O) groups excluding carboxylic acids is 7. The number of carbonyl (C=O) groups is 7. The summed E-state index contributed by atoms with van der Waals surface area (Å²) in [4.78, 5) is 99.1. The second kappa shape index (κ2) is 40.3. The molecular formula is C75H80BrN13O16. The lowest BCUT2D eigenvalue weighted by molar-refractivity contribution is -0.139. The normalized spacial score (nSPS) is 12.4. The van der Waals surface area contributed by atoms with Gasteiger partial charge < -0.3 is 68.8 Å². The van der Waals surface area contributed by atoms with Crippen molar-refractivity contribution in [3.05, 3.63) is 239 Å². The van der Waals surface area contributed by atoms with E-state index in [2.05, 4.69) is 76.1 Å². The molecule has 30 heteroatoms. The molecule has 105 heavy (non-hydrogen) atoms. The fraction of sp³-hybridized carbons (Fsp3) is 0.293. The van der Waals surface area contributed by atoms with Gasteiger partial charge in [-0.05, 0) is 113 Å². The molecule has 4 N–H and O–H groups in total. The van der Waals surface area contributed by atoms with E-state index in [-0.39, 0.29) is 60.8 Å². The molecule has 4 aliphatic heterocycles. The molecule has 0 atom stereocenters. The third kappa shape index (κ3) is 21.1. The van der Waals surface area contributed by atoms with Crippen molar-refractivity contribution in [2.45, 2.75) is 77.1 Å². The highest BCUT2D eigenvalue weighted by atomic mass is 79.9. The number of phenols is 1. The number of fused-ring (bicyclic) bond motifs is 5. The van der Waals surface area contributed by atoms with Crippen LogP contribution in [0.25, 0.3) is 20.9 Å². The zero-order chi connectivity index (χ0) is 76.0. The number of phenolic OH excluding ortho intramolecular Hbond substituents is 1. The molecule has 0 radical (unpaired) electrons. The molecule has 6 heterocycles. The summed E-state index contributed by atoms with van der Waals surface area (Å²) < 4.78 is 40.5. The average molecular weight is 1500 g/mol. The average Bonchev–Trinajstić information content (AvgIpc) is 1.63. The lowest BCUT2D eigenvalue weighted by Crippen LogP contribution is -2.30. The van der Waals surface area contributed by atoms with Crippen LogP contribution < -0.4 is 49.4 Å². The Labute approximate surface area is 614 Å². The summed E-state index contributed by atoms with van der Waals surface area (Å²) in [7, 11) is 12.0. The van der Waals surface area contributed by atoms with Crippen molar-refractivity contribution in [1.29, 1.82) is 0 Å². The smallest absolute Gasteiger partial charge is 0.338 e. The number of nitrogens with zero attached hydrogens (tertiary/aromatic N) is 10. The van der Waals surface area contributed by atoms with Crippen LogP contribution in [0.2, 0.25) is 0 Å². The summed E-state index contributed by atoms with van der Waals surface area (Å²) in [5.41, 5.74) is 28.5. The third-order valence-corrected chi connectivity index (χ3v) is 17.2. The molecule has 0 fully saturated rings. The number of amides is 4. The Hall–Kier alpha value is -12.4. The van der Waals surface area contributed by atoms with Gasteiger partial charge >= 0.3 is 17.9 Å². The van der Waals surface area contributed by atoms with Gasteiger partial charge in [-0.3, -0.25) is 24.0 Å². The maximum atomic E-state index is 13.3. The molecule has 0 spiro atoms. The summed E-state index contributed by atoms with van der Waals surface area (Å²) in [6.45, 7) is 4.80. The molecule has 548 valence electrons. The molecule has 4 aliphatic rings. The first kappa shape index (κ1) is 79.9. The van der Waals surface area contributed by atoms with Crippen LogP contribution in [0, 0.1) is 0 Å². The summed E-state index contributed by atoms with van der Waals surface area (Å²) in [6.07, 6.45) is 5.48. The predicted octanol–water partition coefficient (Wildman–Crippen LogP) is 11.3. The number of alkyl halides is 1. The number of rotatable bonds is 18. The van der Waals surface area contributed by atoms with Crippen LogP contribution in [0.15, 0.2) is 150 Å². The van der Waals surface area contributed by atoms with Gasteiger partial charge in [0.05, 0.1) is 118 Å². The predicted molar refractivity (Wildman–Crippen MR) is 393 cm³/mol. The number of anilines is 3. The van der Waals surface area contributed by atoms with Crippen LogP contribution in [-0.4, -0.2) is 127 Å². The van der Waals surface area contributed by atoms with Gasteiger partial charge in [0, 0.05) is 101 Å². The second-order valence-electron chi connectivity index (χ2n) is 22.8. The summed E-state index contributed by atoms with van der Waals surface area (Å²) in [5.74, 6) is 3.87. The number of methoxy groups -OCH3 is 7. The number of pyridine rings is 2. The first-order valence-corrected chi connectivity index (χ1v) is 33.7. The van der Waals surface area contributed by atoms with Crippen LogP contribution >= 0.6 is 15.9 Å². The van der Waals surface area contributed by atoms with Crippen LogP contribution in [0.1, 0.15) is 99.2 Å². The molecular weight excluding hydrogens is 1420 g/mol. The van der Waals surface area contributed by atoms with Crippen molar-refractivity contribution < 1.29 is 76.6 Å². The monoisotopic (exact) mass is 1500 g/mol. The molecule has 12 rings (SSSR count). The number of esters is 3. The molecule has 0 unspecified atom stereocenters. The van der Waals surface area contributed by atoms with Crippen molar-refractivity contribution in [2.75, 3.05) is 79.8 Å². The van der Waals surface area contributed by atoms with Crippen LogP contribution in [-0.2, 0) is 104 Å². The van der Waals surface area contributed by atoms with Gasteiger partial charge in [-0.2, -0.15) is 0 Å². The van der Waals surface area contributed by atoms with E-state index in [1.54, 1.807) is 99.2 Å². The first-order chi connectivity index (χ1) is 50.8. The Morgan fingerprint density at radius 3 is 1.61 bits per heavy atom. The van der Waals surface area contributed by atoms with Gasteiger partial charge in [0.25, 0.3) is 5.91 Å². The van der Waals surface area contributed by atoms with E-state index in [0.29, 0.717) is 115 Å². The minimum atomic E-state index is -0.484. The van der Waals surface area contributed by atoms with Gasteiger partial charge in [0.15, 0.2) is 5.82 Å². The lowest BCUT2D eigenvalue weighted by Gasteiger charge is -2.22. The number of aromatic nitrogens is 2. The van der Waals surface area contributed by atoms with Crippen LogP contribution in [0.4, 0.5) is 17.3 Å². The van der Waals surface area contributed by atoms with E-state index in [0.717, 1.165) is 73.1 Å². The highest BCUT2D eigenvalue weighted by molar-refractivity contribution is 9.08. The van der Waals surface area contributed by atoms with Crippen molar-refractivity contribution in [3.8, 4) is 34.5 Å². The minimum Gasteiger partial charge on any atom is -0.508 e. The third-order valence-electron chi connectivity index (χ3n) is 16.7. The van der Waals surface area contributed by atoms with E-state index in [1.165, 1.54) is 35.5 Å². The molecule has 0 bridgehead atoms. The van der Waals surface area contributed by atoms with Gasteiger partial charge in [0.1, 0.15) is 40.3 Å². The standard InChI is InChI=1S/C25H25N5O3.C11H13N3O3.C10H11BrO3.C10H11N3O3.C10H11NO2.C9H9NO2/c1-3-30-23-18(25(32)29(2)20-7-5-10-26-24(20)30)12-16(14-28-23)9-11-33-21-8-4-6-17-13-22(31)27-15-19(17)21;1-16-10-5-3-4-8(6-11(15)17-2)9(10)7-13-14-12;1-13-9-5-3-4-7(8(9)6-11)10(12)14-2;1-15-9-5-3-4-7(10(14)16-2)8(9)6-12-13-11;1-13-9-4-2-3-7-5-10(12)11-6-8(7)9;11-8-3-1-2-6-4-9(12)10-5-7(6)8/h4-8,10,12,14H,3,9,11,13,15H2,1-2H3,(H,27,31);3-5H,6-7H2,1-2H3;3-5H,6H2,1-2H3;3-5H,6H2,1-2H3;2-4H,5-6H2,1H3,(H,11,12);1-3,11H,4-5H2,(H,10,12). The fourth-order valence-electron chi connectivity index (χ4n) is 11.4. The van der Waals surface area contributed by atoms with Gasteiger partial charge in [-0.25, -0.2) is 19.6 Å². The topological polar surface area (TPSA) is 379 Å². The molecule has 0 saturated carbocycles. The summed E-state index contributed by atoms with van der Waals surface area (Å²) in [5, 5.41) is 25.2. The highest BCUT2D eigenvalue weighted by Crippen LogP contribution is 2.38. The summed E-state index contributed by atoms with van der Waals surface area (Å²) in [6, 6.07) is 38.0. The summed E-state index contributed by atoms with van der Waals surface area (Å²) >= 11 is 3.31. The number of nitrogens with one attached hydrogen (secondary N) is 3. The number of benzene rings is 6. The Bertz CT molecular complexity index is 4550. The van der Waals surface area contributed by atoms with E-state index in [9.17, 15) is 38.7 Å². The van der Waals surface area contributed by atoms with Crippen LogP contribution in [0.5, 0.6) is 34.5 Å². The molecule has 0 aliphatic carbocycles. The Balaban J connectivity index is 0.000000185. The Kier molecular flexibility index (Phi) is 30.7. The Morgan fingerprint density at radius 1 is 0.581 bits per heavy atom. The zero-order valence-electron chi connectivity index (χ0n) is 59.4.